The second-order valence-corrected chi connectivity index (χ2v) is 7.10. The molecule has 0 aliphatic rings. The molecular weight excluding hydrogens is 375 g/mol. The van der Waals surface area contributed by atoms with Crippen LogP contribution in [0.3, 0.4) is 0 Å². The van der Waals surface area contributed by atoms with Gasteiger partial charge in [-0.1, -0.05) is 23.2 Å². The van der Waals surface area contributed by atoms with Crippen LogP contribution in [0.2, 0.25) is 10.0 Å². The lowest BCUT2D eigenvalue weighted by atomic mass is 10.0. The number of carbonyl (C=O) groups is 1. The van der Waals surface area contributed by atoms with Gasteiger partial charge in [0.2, 0.25) is 5.91 Å². The predicted molar refractivity (Wildman–Crippen MR) is 110 cm³/mol. The summed E-state index contributed by atoms with van der Waals surface area (Å²) in [6, 6.07) is 1.79. The third-order valence-electron chi connectivity index (χ3n) is 3.82. The summed E-state index contributed by atoms with van der Waals surface area (Å²) in [7, 11) is 0. The van der Waals surface area contributed by atoms with Crippen LogP contribution in [0.15, 0.2) is 24.7 Å². The molecule has 0 radical (unpaired) electrons. The highest BCUT2D eigenvalue weighted by atomic mass is 35.5. The summed E-state index contributed by atoms with van der Waals surface area (Å²) >= 11 is 12.3. The van der Waals surface area contributed by atoms with Gasteiger partial charge < -0.3 is 15.6 Å². The first kappa shape index (κ1) is 18.4. The highest BCUT2D eigenvalue weighted by Gasteiger charge is 2.28. The topological polar surface area (TPSA) is 95.6 Å². The number of carbonyl (C=O) groups excluding carboxylic acids is 1. The van der Waals surface area contributed by atoms with Crippen molar-refractivity contribution in [3.8, 4) is 11.4 Å². The van der Waals surface area contributed by atoms with E-state index in [1.54, 1.807) is 32.3 Å². The van der Waals surface area contributed by atoms with Gasteiger partial charge in [-0.25, -0.2) is 15.0 Å². The Bertz CT molecular complexity index is 983. The number of amides is 1. The molecule has 0 spiro atoms. The Morgan fingerprint density at radius 1 is 1.31 bits per heavy atom. The molecule has 0 aliphatic heterocycles. The zero-order valence-corrected chi connectivity index (χ0v) is 16.0. The maximum absolute atomic E-state index is 12.2. The molecule has 7 nitrogen and oxygen atoms in total. The number of hydrogen-bond donors (Lipinski definition) is 3. The quantitative estimate of drug-likeness (QED) is 0.591. The molecule has 0 aromatic carbocycles. The predicted octanol–water partition coefficient (Wildman–Crippen LogP) is 4.39. The molecule has 26 heavy (non-hydrogen) atoms. The highest BCUT2D eigenvalue weighted by molar-refractivity contribution is 6.33. The summed E-state index contributed by atoms with van der Waals surface area (Å²) in [5.41, 5.74) is 0.529. The zero-order chi connectivity index (χ0) is 18.9. The van der Waals surface area contributed by atoms with Gasteiger partial charge >= 0.3 is 0 Å². The van der Waals surface area contributed by atoms with Crippen molar-refractivity contribution in [1.29, 1.82) is 0 Å². The van der Waals surface area contributed by atoms with E-state index in [0.29, 0.717) is 33.9 Å². The molecule has 0 saturated carbocycles. The van der Waals surface area contributed by atoms with Crippen LogP contribution in [0.4, 0.5) is 5.82 Å². The van der Waals surface area contributed by atoms with Crippen LogP contribution in [0, 0.1) is 0 Å². The Kier molecular flexibility index (Phi) is 5.02. The summed E-state index contributed by atoms with van der Waals surface area (Å²) in [4.78, 5) is 28.3. The minimum atomic E-state index is -0.893. The molecule has 0 fully saturated rings. The van der Waals surface area contributed by atoms with Crippen LogP contribution < -0.4 is 10.6 Å². The summed E-state index contributed by atoms with van der Waals surface area (Å²) < 4.78 is 0. The van der Waals surface area contributed by atoms with Gasteiger partial charge in [0.15, 0.2) is 5.82 Å². The molecule has 0 aliphatic carbocycles. The fourth-order valence-electron chi connectivity index (χ4n) is 2.48. The highest BCUT2D eigenvalue weighted by Crippen LogP contribution is 2.30. The number of nitrogens with zero attached hydrogens (tertiary/aromatic N) is 3. The smallest absolute Gasteiger partial charge is 0.245 e. The van der Waals surface area contributed by atoms with Gasteiger partial charge in [-0.15, -0.1) is 0 Å². The van der Waals surface area contributed by atoms with E-state index in [9.17, 15) is 4.79 Å². The Morgan fingerprint density at radius 2 is 2.08 bits per heavy atom. The molecule has 3 rings (SSSR count). The lowest BCUT2D eigenvalue weighted by Gasteiger charge is -2.26. The largest absolute Gasteiger partial charge is 0.355 e. The van der Waals surface area contributed by atoms with Crippen molar-refractivity contribution in [2.75, 3.05) is 11.9 Å². The normalized spacial score (nSPS) is 11.6. The van der Waals surface area contributed by atoms with Crippen LogP contribution in [-0.4, -0.2) is 37.9 Å². The van der Waals surface area contributed by atoms with E-state index in [2.05, 4.69) is 30.6 Å². The van der Waals surface area contributed by atoms with Crippen molar-refractivity contribution in [3.05, 3.63) is 34.7 Å². The van der Waals surface area contributed by atoms with Crippen LogP contribution in [0.5, 0.6) is 0 Å². The zero-order valence-electron chi connectivity index (χ0n) is 14.5. The van der Waals surface area contributed by atoms with E-state index < -0.39 is 5.54 Å². The maximum Gasteiger partial charge on any atom is 0.245 e. The molecular formula is C17H24Cl2N6O. The molecule has 3 aromatic heterocycles. The van der Waals surface area contributed by atoms with Crippen molar-refractivity contribution in [2.24, 2.45) is 0 Å². The van der Waals surface area contributed by atoms with Gasteiger partial charge in [0.1, 0.15) is 22.0 Å². The molecule has 3 aromatic rings. The Morgan fingerprint density at radius 3 is 2.81 bits per heavy atom. The number of hydrogen-bond acceptors (Lipinski definition) is 5. The Labute approximate surface area is 165 Å². The summed E-state index contributed by atoms with van der Waals surface area (Å²) in [5, 5.41) is 7.51. The van der Waals surface area contributed by atoms with E-state index >= 15 is 0 Å². The third-order valence-corrected chi connectivity index (χ3v) is 4.30. The molecule has 0 saturated heterocycles. The summed E-state index contributed by atoms with van der Waals surface area (Å²) in [6.07, 6.45) is 4.82. The van der Waals surface area contributed by atoms with Gasteiger partial charge in [0, 0.05) is 34.2 Å². The van der Waals surface area contributed by atoms with E-state index in [4.69, 9.17) is 23.2 Å². The molecule has 0 bridgehead atoms. The second kappa shape index (κ2) is 7.09. The SMILES string of the molecule is CCNC(=O)C(C)(C)Nc1nc(-c2c[nH]c3ncc(Cl)cc23)ncc1Cl.[HH].[HH].[HH]. The minimum absolute atomic E-state index is 0. The lowest BCUT2D eigenvalue weighted by molar-refractivity contribution is -0.124. The molecule has 0 unspecified atom stereocenters. The fourth-order valence-corrected chi connectivity index (χ4v) is 2.78. The number of likely N-dealkylation sites (N-methyl/N-ethyl adjacent to an activating group) is 1. The Hall–Kier alpha value is -2.38. The monoisotopic (exact) mass is 398 g/mol. The maximum atomic E-state index is 12.2. The number of nitrogens with one attached hydrogen (secondary N) is 3. The van der Waals surface area contributed by atoms with Gasteiger partial charge in [0.05, 0.1) is 11.2 Å². The molecule has 3 N–H and O–H groups in total. The number of halogens is 2. The third kappa shape index (κ3) is 3.59. The van der Waals surface area contributed by atoms with Crippen molar-refractivity contribution in [3.63, 3.8) is 0 Å². The molecule has 9 heteroatoms. The summed E-state index contributed by atoms with van der Waals surface area (Å²) in [5.74, 6) is 0.662. The van der Waals surface area contributed by atoms with E-state index in [1.807, 2.05) is 6.92 Å². The number of rotatable bonds is 5. The molecule has 142 valence electrons. The molecule has 0 atom stereocenters. The van der Waals surface area contributed by atoms with Gasteiger partial charge in [-0.2, -0.15) is 0 Å². The second-order valence-electron chi connectivity index (χ2n) is 6.25. The first-order chi connectivity index (χ1) is 12.3. The minimum Gasteiger partial charge on any atom is -0.355 e. The number of anilines is 1. The van der Waals surface area contributed by atoms with Crippen LogP contribution >= 0.6 is 23.2 Å². The number of H-pyrrole nitrogens is 1. The Balaban J connectivity index is 0.00000261. The number of fused-ring (bicyclic) bond motifs is 1. The first-order valence-corrected chi connectivity index (χ1v) is 8.79. The number of aromatic nitrogens is 4. The number of aromatic amines is 1. The average molecular weight is 399 g/mol. The standard InChI is InChI=1S/C17H18Cl2N6O.3H2/c1-4-20-16(26)17(2,3)25-15-12(19)8-23-14(24-15)11-7-22-13-10(11)5-9(18)6-21-13;;;/h5-8H,4H2,1-3H3,(H,20,26)(H,21,22)(H,23,24,25);3*1H. The van der Waals surface area contributed by atoms with Crippen LogP contribution in [0.1, 0.15) is 25.1 Å². The van der Waals surface area contributed by atoms with Crippen LogP contribution in [0.25, 0.3) is 22.4 Å². The van der Waals surface area contributed by atoms with Crippen molar-refractivity contribution < 1.29 is 9.07 Å². The van der Waals surface area contributed by atoms with E-state index in [1.165, 1.54) is 6.20 Å². The van der Waals surface area contributed by atoms with E-state index in [0.717, 1.165) is 10.9 Å². The van der Waals surface area contributed by atoms with Gasteiger partial charge in [0.25, 0.3) is 0 Å². The number of pyridine rings is 1. The van der Waals surface area contributed by atoms with Crippen molar-refractivity contribution in [2.45, 2.75) is 26.3 Å². The van der Waals surface area contributed by atoms with E-state index in [-0.39, 0.29) is 10.2 Å². The average Bonchev–Trinajstić information content (AvgIpc) is 3.00. The fraction of sp³-hybridized carbons (Fsp3) is 0.294. The first-order valence-electron chi connectivity index (χ1n) is 8.04. The molecule has 1 amide bonds. The lowest BCUT2D eigenvalue weighted by Crippen LogP contribution is -2.48. The van der Waals surface area contributed by atoms with Crippen LogP contribution in [-0.2, 0) is 4.79 Å². The van der Waals surface area contributed by atoms with Crippen molar-refractivity contribution >= 4 is 46.0 Å². The molecule has 3 heterocycles. The van der Waals surface area contributed by atoms with Crippen molar-refractivity contribution in [1.82, 2.24) is 25.3 Å². The van der Waals surface area contributed by atoms with Gasteiger partial charge in [-0.05, 0) is 26.8 Å². The van der Waals surface area contributed by atoms with Gasteiger partial charge in [-0.3, -0.25) is 4.79 Å². The summed E-state index contributed by atoms with van der Waals surface area (Å²) in [6.45, 7) is 5.91.